The molecule has 1 aliphatic carbocycles. The highest BCUT2D eigenvalue weighted by Crippen LogP contribution is 2.15. The summed E-state index contributed by atoms with van der Waals surface area (Å²) >= 11 is 4.92. The van der Waals surface area contributed by atoms with Crippen LogP contribution in [0.3, 0.4) is 0 Å². The Bertz CT molecular complexity index is 291. The molecule has 0 fully saturated rings. The zero-order chi connectivity index (χ0) is 9.14. The van der Waals surface area contributed by atoms with Gasteiger partial charge in [-0.1, -0.05) is 12.2 Å². The zero-order valence-corrected chi connectivity index (χ0v) is 7.48. The number of esters is 1. The maximum atomic E-state index is 11.1. The van der Waals surface area contributed by atoms with Crippen molar-refractivity contribution in [3.63, 3.8) is 0 Å². The first-order valence-corrected chi connectivity index (χ1v) is 3.84. The Morgan fingerprint density at radius 3 is 2.92 bits per heavy atom. The third-order valence-corrected chi connectivity index (χ3v) is 1.86. The number of allylic oxidation sites excluding steroid dienone is 2. The third-order valence-electron chi connectivity index (χ3n) is 1.58. The van der Waals surface area contributed by atoms with Crippen molar-refractivity contribution in [1.82, 2.24) is 0 Å². The average molecular weight is 183 g/mol. The smallest absolute Gasteiger partial charge is 0.336 e. The van der Waals surface area contributed by atoms with Crippen molar-refractivity contribution in [2.45, 2.75) is 6.42 Å². The number of nitrogens with two attached hydrogens (primary N) is 1. The van der Waals surface area contributed by atoms with Gasteiger partial charge in [0.05, 0.1) is 12.7 Å². The van der Waals surface area contributed by atoms with Gasteiger partial charge in [0.2, 0.25) is 0 Å². The van der Waals surface area contributed by atoms with E-state index in [9.17, 15) is 4.79 Å². The van der Waals surface area contributed by atoms with Crippen LogP contribution < -0.4 is 5.73 Å². The van der Waals surface area contributed by atoms with E-state index < -0.39 is 5.97 Å². The molecule has 0 spiro atoms. The van der Waals surface area contributed by atoms with Crippen LogP contribution in [-0.2, 0) is 9.53 Å². The lowest BCUT2D eigenvalue weighted by Crippen LogP contribution is -2.16. The van der Waals surface area contributed by atoms with Gasteiger partial charge in [-0.2, -0.15) is 0 Å². The lowest BCUT2D eigenvalue weighted by molar-refractivity contribution is -0.136. The molecule has 64 valence electrons. The summed E-state index contributed by atoms with van der Waals surface area (Å²) in [6.07, 6.45) is 3.75. The molecule has 0 aliphatic heterocycles. The molecular formula is C8H9NO2S. The van der Waals surface area contributed by atoms with Crippen molar-refractivity contribution in [2.75, 3.05) is 7.11 Å². The number of methoxy groups -OCH3 is 1. The SMILES string of the molecule is COC(=O)C1=C(N)C=CC(=S)C1. The minimum atomic E-state index is -0.404. The predicted octanol–water partition coefficient (Wildman–Crippen LogP) is 0.702. The van der Waals surface area contributed by atoms with Crippen molar-refractivity contribution < 1.29 is 9.53 Å². The molecule has 0 saturated heterocycles. The number of carbonyl (C=O) groups is 1. The highest BCUT2D eigenvalue weighted by Gasteiger charge is 2.16. The van der Waals surface area contributed by atoms with E-state index in [0.29, 0.717) is 22.6 Å². The first-order chi connectivity index (χ1) is 5.65. The Balaban J connectivity index is 2.93. The highest BCUT2D eigenvalue weighted by atomic mass is 32.1. The molecule has 0 saturated carbocycles. The molecule has 0 aromatic rings. The Kier molecular flexibility index (Phi) is 2.60. The number of hydrogen-bond donors (Lipinski definition) is 1. The van der Waals surface area contributed by atoms with Gasteiger partial charge in [-0.25, -0.2) is 4.79 Å². The Morgan fingerprint density at radius 2 is 2.33 bits per heavy atom. The van der Waals surface area contributed by atoms with Crippen molar-refractivity contribution in [1.29, 1.82) is 0 Å². The summed E-state index contributed by atoms with van der Waals surface area (Å²) < 4.78 is 4.54. The van der Waals surface area contributed by atoms with Gasteiger partial charge < -0.3 is 10.5 Å². The Labute approximate surface area is 75.9 Å². The van der Waals surface area contributed by atoms with E-state index in [2.05, 4.69) is 4.74 Å². The van der Waals surface area contributed by atoms with Gasteiger partial charge in [-0.3, -0.25) is 0 Å². The second-order valence-corrected chi connectivity index (χ2v) is 2.93. The van der Waals surface area contributed by atoms with Gasteiger partial charge in [0.25, 0.3) is 0 Å². The molecule has 0 aromatic carbocycles. The van der Waals surface area contributed by atoms with E-state index in [-0.39, 0.29) is 0 Å². The van der Waals surface area contributed by atoms with Crippen molar-refractivity contribution in [3.05, 3.63) is 23.4 Å². The molecule has 4 heteroatoms. The van der Waals surface area contributed by atoms with Crippen molar-refractivity contribution >= 4 is 23.1 Å². The summed E-state index contributed by atoms with van der Waals surface area (Å²) in [6, 6.07) is 0. The molecule has 3 nitrogen and oxygen atoms in total. The van der Waals surface area contributed by atoms with Crippen LogP contribution in [-0.4, -0.2) is 17.9 Å². The summed E-state index contributed by atoms with van der Waals surface area (Å²) in [5, 5.41) is 0. The third kappa shape index (κ3) is 1.71. The fraction of sp³-hybridized carbons (Fsp3) is 0.250. The van der Waals surface area contributed by atoms with Gasteiger partial charge in [-0.05, 0) is 12.2 Å². The van der Waals surface area contributed by atoms with Gasteiger partial charge in [0.15, 0.2) is 0 Å². The number of carbonyl (C=O) groups excluding carboxylic acids is 1. The number of thiocarbonyl (C=S) groups is 1. The van der Waals surface area contributed by atoms with Crippen LogP contribution in [0.1, 0.15) is 6.42 Å². The van der Waals surface area contributed by atoms with E-state index in [0.717, 1.165) is 0 Å². The standard InChI is InChI=1S/C8H9NO2S/c1-11-8(10)6-4-5(12)2-3-7(6)9/h2-3H,4,9H2,1H3. The van der Waals surface area contributed by atoms with Crippen LogP contribution in [0.5, 0.6) is 0 Å². The monoisotopic (exact) mass is 183 g/mol. The minimum absolute atomic E-state index is 0.404. The van der Waals surface area contributed by atoms with Crippen LogP contribution in [0.15, 0.2) is 23.4 Å². The molecule has 12 heavy (non-hydrogen) atoms. The van der Waals surface area contributed by atoms with Crippen LogP contribution >= 0.6 is 12.2 Å². The molecule has 1 aliphatic rings. The minimum Gasteiger partial charge on any atom is -0.466 e. The molecule has 2 N–H and O–H groups in total. The fourth-order valence-electron chi connectivity index (χ4n) is 0.932. The van der Waals surface area contributed by atoms with Gasteiger partial charge in [0.1, 0.15) is 0 Å². The fourth-order valence-corrected chi connectivity index (χ4v) is 1.14. The molecule has 0 aromatic heterocycles. The highest BCUT2D eigenvalue weighted by molar-refractivity contribution is 7.80. The van der Waals surface area contributed by atoms with Crippen molar-refractivity contribution in [3.8, 4) is 0 Å². The first-order valence-electron chi connectivity index (χ1n) is 3.43. The average Bonchev–Trinajstić information content (AvgIpc) is 2.08. The van der Waals surface area contributed by atoms with E-state index >= 15 is 0 Å². The topological polar surface area (TPSA) is 52.3 Å². The largest absolute Gasteiger partial charge is 0.466 e. The first kappa shape index (κ1) is 8.93. The molecule has 0 heterocycles. The van der Waals surface area contributed by atoms with Crippen LogP contribution in [0.25, 0.3) is 0 Å². The molecule has 1 rings (SSSR count). The van der Waals surface area contributed by atoms with Gasteiger partial charge in [0, 0.05) is 17.0 Å². The summed E-state index contributed by atoms with van der Waals surface area (Å²) in [7, 11) is 1.32. The lowest BCUT2D eigenvalue weighted by atomic mass is 10.0. The van der Waals surface area contributed by atoms with E-state index in [4.69, 9.17) is 18.0 Å². The van der Waals surface area contributed by atoms with Crippen LogP contribution in [0, 0.1) is 0 Å². The van der Waals surface area contributed by atoms with Crippen molar-refractivity contribution in [2.24, 2.45) is 5.73 Å². The van der Waals surface area contributed by atoms with E-state index in [1.165, 1.54) is 7.11 Å². The summed E-state index contributed by atoms with van der Waals surface area (Å²) in [5.41, 5.74) is 6.44. The molecule has 0 atom stereocenters. The van der Waals surface area contributed by atoms with E-state index in [1.807, 2.05) is 0 Å². The normalized spacial score (nSPS) is 16.6. The van der Waals surface area contributed by atoms with E-state index in [1.54, 1.807) is 12.2 Å². The molecular weight excluding hydrogens is 174 g/mol. The predicted molar refractivity (Wildman–Crippen MR) is 49.6 cm³/mol. The molecule has 0 bridgehead atoms. The quantitative estimate of drug-likeness (QED) is 0.480. The maximum Gasteiger partial charge on any atom is 0.336 e. The maximum absolute atomic E-state index is 11.1. The second kappa shape index (κ2) is 3.49. The number of ether oxygens (including phenoxy) is 1. The Hall–Kier alpha value is -1.16. The summed E-state index contributed by atoms with van der Waals surface area (Å²) in [5.74, 6) is -0.404. The Morgan fingerprint density at radius 1 is 1.67 bits per heavy atom. The van der Waals surface area contributed by atoms with Gasteiger partial charge >= 0.3 is 5.97 Å². The van der Waals surface area contributed by atoms with Gasteiger partial charge in [-0.15, -0.1) is 0 Å². The van der Waals surface area contributed by atoms with Crippen LogP contribution in [0.4, 0.5) is 0 Å². The molecule has 0 amide bonds. The number of rotatable bonds is 1. The summed E-state index contributed by atoms with van der Waals surface area (Å²) in [4.78, 5) is 11.8. The molecule has 0 radical (unpaired) electrons. The lowest BCUT2D eigenvalue weighted by Gasteiger charge is -2.10. The molecule has 0 unspecified atom stereocenters. The second-order valence-electron chi connectivity index (χ2n) is 2.40. The number of hydrogen-bond acceptors (Lipinski definition) is 4. The zero-order valence-electron chi connectivity index (χ0n) is 6.66. The summed E-state index contributed by atoms with van der Waals surface area (Å²) in [6.45, 7) is 0. The van der Waals surface area contributed by atoms with Crippen LogP contribution in [0.2, 0.25) is 0 Å².